The lowest BCUT2D eigenvalue weighted by molar-refractivity contribution is 0.281. The standard InChI is InChI=1S/C22H24ClN3O/c1-17-21(24-22(27-17)18-8-10-19(23)11-9-18)16-25-12-5-13-26(15-14-25)20-6-3-2-4-7-20/h2-4,6-11H,5,12-16H2,1H3. The first kappa shape index (κ1) is 18.1. The van der Waals surface area contributed by atoms with Gasteiger partial charge in [-0.2, -0.15) is 0 Å². The number of nitrogens with zero attached hydrogens (tertiary/aromatic N) is 3. The van der Waals surface area contributed by atoms with Crippen LogP contribution >= 0.6 is 11.6 Å². The van der Waals surface area contributed by atoms with Gasteiger partial charge in [0.15, 0.2) is 0 Å². The van der Waals surface area contributed by atoms with Crippen molar-refractivity contribution in [1.82, 2.24) is 9.88 Å². The number of para-hydroxylation sites is 1. The Balaban J connectivity index is 1.43. The van der Waals surface area contributed by atoms with Gasteiger partial charge in [0, 0.05) is 49.0 Å². The van der Waals surface area contributed by atoms with Gasteiger partial charge in [0.25, 0.3) is 0 Å². The Bertz CT molecular complexity index is 876. The molecule has 1 aliphatic heterocycles. The van der Waals surface area contributed by atoms with Gasteiger partial charge in [-0.3, -0.25) is 4.90 Å². The summed E-state index contributed by atoms with van der Waals surface area (Å²) in [6, 6.07) is 18.3. The number of anilines is 1. The molecule has 0 atom stereocenters. The molecule has 2 aromatic carbocycles. The lowest BCUT2D eigenvalue weighted by Crippen LogP contribution is -2.30. The van der Waals surface area contributed by atoms with Crippen LogP contribution in [0, 0.1) is 6.92 Å². The molecule has 0 aliphatic carbocycles. The van der Waals surface area contributed by atoms with E-state index in [2.05, 4.69) is 40.1 Å². The number of hydrogen-bond acceptors (Lipinski definition) is 4. The SMILES string of the molecule is Cc1oc(-c2ccc(Cl)cc2)nc1CN1CCCN(c2ccccc2)CC1. The number of rotatable bonds is 4. The minimum Gasteiger partial charge on any atom is -0.441 e. The van der Waals surface area contributed by atoms with Gasteiger partial charge in [0.2, 0.25) is 5.89 Å². The Hall–Kier alpha value is -2.30. The summed E-state index contributed by atoms with van der Waals surface area (Å²) in [5.41, 5.74) is 3.29. The first-order valence-corrected chi connectivity index (χ1v) is 9.81. The van der Waals surface area contributed by atoms with Crippen molar-refractivity contribution in [2.45, 2.75) is 19.9 Å². The van der Waals surface area contributed by atoms with Crippen molar-refractivity contribution in [2.75, 3.05) is 31.1 Å². The normalized spacial score (nSPS) is 15.7. The van der Waals surface area contributed by atoms with Crippen LogP contribution in [0.2, 0.25) is 5.02 Å². The zero-order chi connectivity index (χ0) is 18.6. The van der Waals surface area contributed by atoms with Crippen LogP contribution in [0.4, 0.5) is 5.69 Å². The van der Waals surface area contributed by atoms with E-state index in [4.69, 9.17) is 21.0 Å². The van der Waals surface area contributed by atoms with Gasteiger partial charge < -0.3 is 9.32 Å². The molecular formula is C22H24ClN3O. The van der Waals surface area contributed by atoms with Gasteiger partial charge in [-0.15, -0.1) is 0 Å². The first-order valence-electron chi connectivity index (χ1n) is 9.43. The molecule has 0 N–H and O–H groups in total. The molecule has 0 unspecified atom stereocenters. The molecule has 4 nitrogen and oxygen atoms in total. The van der Waals surface area contributed by atoms with Crippen LogP contribution in [0.1, 0.15) is 17.9 Å². The van der Waals surface area contributed by atoms with Crippen LogP contribution in [0.25, 0.3) is 11.5 Å². The second-order valence-electron chi connectivity index (χ2n) is 6.98. The van der Waals surface area contributed by atoms with E-state index >= 15 is 0 Å². The van der Waals surface area contributed by atoms with Crippen molar-refractivity contribution in [1.29, 1.82) is 0 Å². The maximum Gasteiger partial charge on any atom is 0.226 e. The van der Waals surface area contributed by atoms with Crippen LogP contribution in [0.15, 0.2) is 59.0 Å². The van der Waals surface area contributed by atoms with E-state index in [-0.39, 0.29) is 0 Å². The number of aromatic nitrogens is 1. The van der Waals surface area contributed by atoms with E-state index in [0.29, 0.717) is 5.89 Å². The molecule has 1 fully saturated rings. The summed E-state index contributed by atoms with van der Waals surface area (Å²) < 4.78 is 5.91. The third-order valence-electron chi connectivity index (χ3n) is 5.07. The lowest BCUT2D eigenvalue weighted by Gasteiger charge is -2.23. The maximum absolute atomic E-state index is 5.97. The molecule has 0 saturated carbocycles. The summed E-state index contributed by atoms with van der Waals surface area (Å²) in [6.45, 7) is 7.05. The Kier molecular flexibility index (Phi) is 5.46. The molecule has 2 heterocycles. The van der Waals surface area contributed by atoms with E-state index in [1.165, 1.54) is 5.69 Å². The summed E-state index contributed by atoms with van der Waals surface area (Å²) in [6.07, 6.45) is 1.15. The highest BCUT2D eigenvalue weighted by atomic mass is 35.5. The number of benzene rings is 2. The molecule has 140 valence electrons. The van der Waals surface area contributed by atoms with Crippen molar-refractivity contribution >= 4 is 17.3 Å². The zero-order valence-electron chi connectivity index (χ0n) is 15.6. The molecule has 3 aromatic rings. The number of hydrogen-bond donors (Lipinski definition) is 0. The van der Waals surface area contributed by atoms with Gasteiger partial charge in [0.05, 0.1) is 5.69 Å². The smallest absolute Gasteiger partial charge is 0.226 e. The fraction of sp³-hybridized carbons (Fsp3) is 0.318. The third kappa shape index (κ3) is 4.34. The molecule has 0 radical (unpaired) electrons. The molecular weight excluding hydrogens is 358 g/mol. The molecule has 4 rings (SSSR count). The largest absolute Gasteiger partial charge is 0.441 e. The zero-order valence-corrected chi connectivity index (χ0v) is 16.3. The van der Waals surface area contributed by atoms with Crippen LogP contribution in [0.5, 0.6) is 0 Å². The van der Waals surface area contributed by atoms with E-state index < -0.39 is 0 Å². The molecule has 1 aromatic heterocycles. The predicted octanol–water partition coefficient (Wildman–Crippen LogP) is 5.02. The second kappa shape index (κ2) is 8.15. The van der Waals surface area contributed by atoms with E-state index in [1.54, 1.807) is 0 Å². The highest BCUT2D eigenvalue weighted by molar-refractivity contribution is 6.30. The van der Waals surface area contributed by atoms with E-state index in [1.807, 2.05) is 31.2 Å². The van der Waals surface area contributed by atoms with Gasteiger partial charge in [-0.1, -0.05) is 29.8 Å². The highest BCUT2D eigenvalue weighted by Gasteiger charge is 2.19. The van der Waals surface area contributed by atoms with Crippen LogP contribution in [0.3, 0.4) is 0 Å². The third-order valence-corrected chi connectivity index (χ3v) is 5.32. The van der Waals surface area contributed by atoms with Gasteiger partial charge in [0.1, 0.15) is 5.76 Å². The minimum absolute atomic E-state index is 0.667. The number of halogens is 1. The molecule has 1 saturated heterocycles. The molecule has 0 bridgehead atoms. The van der Waals surface area contributed by atoms with Crippen LogP contribution < -0.4 is 4.90 Å². The fourth-order valence-corrected chi connectivity index (χ4v) is 3.65. The Morgan fingerprint density at radius 1 is 0.963 bits per heavy atom. The molecule has 1 aliphatic rings. The highest BCUT2D eigenvalue weighted by Crippen LogP contribution is 2.24. The van der Waals surface area contributed by atoms with E-state index in [9.17, 15) is 0 Å². The van der Waals surface area contributed by atoms with Crippen molar-refractivity contribution < 1.29 is 4.42 Å². The number of oxazole rings is 1. The Labute approximate surface area is 165 Å². The summed E-state index contributed by atoms with van der Waals surface area (Å²) >= 11 is 5.97. The number of aryl methyl sites for hydroxylation is 1. The summed E-state index contributed by atoms with van der Waals surface area (Å²) in [7, 11) is 0. The van der Waals surface area contributed by atoms with Crippen molar-refractivity contribution in [2.24, 2.45) is 0 Å². The van der Waals surface area contributed by atoms with Crippen molar-refractivity contribution in [3.05, 3.63) is 71.1 Å². The quantitative estimate of drug-likeness (QED) is 0.635. The molecule has 0 spiro atoms. The summed E-state index contributed by atoms with van der Waals surface area (Å²) in [4.78, 5) is 9.69. The summed E-state index contributed by atoms with van der Waals surface area (Å²) in [5, 5.41) is 0.717. The molecule has 0 amide bonds. The minimum atomic E-state index is 0.667. The maximum atomic E-state index is 5.97. The van der Waals surface area contributed by atoms with Gasteiger partial charge in [-0.05, 0) is 49.7 Å². The average molecular weight is 382 g/mol. The van der Waals surface area contributed by atoms with Crippen LogP contribution in [-0.4, -0.2) is 36.1 Å². The molecule has 27 heavy (non-hydrogen) atoms. The van der Waals surface area contributed by atoms with Crippen molar-refractivity contribution in [3.63, 3.8) is 0 Å². The van der Waals surface area contributed by atoms with Crippen molar-refractivity contribution in [3.8, 4) is 11.5 Å². The van der Waals surface area contributed by atoms with Crippen LogP contribution in [-0.2, 0) is 6.54 Å². The summed E-state index contributed by atoms with van der Waals surface area (Å²) in [5.74, 6) is 1.56. The Morgan fingerprint density at radius 2 is 1.74 bits per heavy atom. The van der Waals surface area contributed by atoms with Gasteiger partial charge in [-0.25, -0.2) is 4.98 Å². The first-order chi connectivity index (χ1) is 13.2. The molecule has 5 heteroatoms. The second-order valence-corrected chi connectivity index (χ2v) is 7.42. The van der Waals surface area contributed by atoms with E-state index in [0.717, 1.165) is 61.2 Å². The predicted molar refractivity (Wildman–Crippen MR) is 110 cm³/mol. The fourth-order valence-electron chi connectivity index (χ4n) is 3.53. The Morgan fingerprint density at radius 3 is 2.52 bits per heavy atom. The monoisotopic (exact) mass is 381 g/mol. The average Bonchev–Trinajstić information content (AvgIpc) is 2.90. The lowest BCUT2D eigenvalue weighted by atomic mass is 10.2. The van der Waals surface area contributed by atoms with Gasteiger partial charge >= 0.3 is 0 Å². The topological polar surface area (TPSA) is 32.5 Å².